The molecule has 0 radical (unpaired) electrons. The molecule has 1 aromatic rings. The molecule has 0 saturated heterocycles. The Hall–Kier alpha value is -1.38. The molecule has 2 rings (SSSR count). The fourth-order valence-corrected chi connectivity index (χ4v) is 1.81. The fraction of sp³-hybridized carbons (Fsp3) is 0.455. The van der Waals surface area contributed by atoms with E-state index in [4.69, 9.17) is 5.73 Å². The third-order valence-corrected chi connectivity index (χ3v) is 2.98. The van der Waals surface area contributed by atoms with Crippen molar-refractivity contribution in [1.29, 1.82) is 0 Å². The molecule has 0 aromatic carbocycles. The monoisotopic (exact) mass is 189 g/mol. The van der Waals surface area contributed by atoms with Crippen molar-refractivity contribution in [2.75, 3.05) is 0 Å². The normalized spacial score (nSPS) is 14.9. The maximum atomic E-state index is 5.70. The fourth-order valence-electron chi connectivity index (χ4n) is 1.81. The van der Waals surface area contributed by atoms with E-state index in [9.17, 15) is 0 Å². The van der Waals surface area contributed by atoms with E-state index in [0.29, 0.717) is 5.84 Å². The molecule has 0 bridgehead atoms. The van der Waals surface area contributed by atoms with Crippen LogP contribution in [-0.4, -0.2) is 10.8 Å². The van der Waals surface area contributed by atoms with Gasteiger partial charge < -0.3 is 5.73 Å². The van der Waals surface area contributed by atoms with Crippen molar-refractivity contribution in [3.05, 3.63) is 22.4 Å². The van der Waals surface area contributed by atoms with E-state index in [1.165, 1.54) is 16.7 Å². The van der Waals surface area contributed by atoms with Gasteiger partial charge >= 0.3 is 0 Å². The highest BCUT2D eigenvalue weighted by Gasteiger charge is 2.16. The Morgan fingerprint density at radius 3 is 2.50 bits per heavy atom. The van der Waals surface area contributed by atoms with Crippen LogP contribution in [0.2, 0.25) is 0 Å². The van der Waals surface area contributed by atoms with Gasteiger partial charge in [0.05, 0.1) is 0 Å². The average Bonchev–Trinajstić information content (AvgIpc) is 2.14. The molecule has 0 unspecified atom stereocenters. The molecule has 0 fully saturated rings. The molecular weight excluding hydrogens is 174 g/mol. The number of amidine groups is 1. The van der Waals surface area contributed by atoms with Crippen LogP contribution in [0.25, 0.3) is 0 Å². The maximum absolute atomic E-state index is 5.70. The number of hydrogen-bond donors (Lipinski definition) is 1. The van der Waals surface area contributed by atoms with Gasteiger partial charge in [0.25, 0.3) is 0 Å². The lowest BCUT2D eigenvalue weighted by molar-refractivity contribution is 0.936. The molecule has 0 aliphatic carbocycles. The van der Waals surface area contributed by atoms with Crippen molar-refractivity contribution in [1.82, 2.24) is 4.98 Å². The molecule has 1 aliphatic heterocycles. The number of rotatable bonds is 0. The summed E-state index contributed by atoms with van der Waals surface area (Å²) in [6, 6.07) is 0. The molecule has 0 atom stereocenters. The van der Waals surface area contributed by atoms with Crippen LogP contribution in [0, 0.1) is 20.8 Å². The van der Waals surface area contributed by atoms with Crippen LogP contribution < -0.4 is 5.73 Å². The predicted octanol–water partition coefficient (Wildman–Crippen LogP) is 1.94. The zero-order chi connectivity index (χ0) is 10.3. The molecule has 74 valence electrons. The van der Waals surface area contributed by atoms with Gasteiger partial charge in [0.2, 0.25) is 0 Å². The summed E-state index contributed by atoms with van der Waals surface area (Å²) in [5, 5.41) is 0. The van der Waals surface area contributed by atoms with Crippen LogP contribution in [0.3, 0.4) is 0 Å². The van der Waals surface area contributed by atoms with E-state index in [1.54, 1.807) is 0 Å². The van der Waals surface area contributed by atoms with E-state index in [1.807, 2.05) is 6.92 Å². The quantitative estimate of drug-likeness (QED) is 0.678. The topological polar surface area (TPSA) is 51.3 Å². The first kappa shape index (κ1) is 9.19. The highest BCUT2D eigenvalue weighted by atomic mass is 15.0. The molecule has 3 heteroatoms. The first-order valence-corrected chi connectivity index (χ1v) is 4.89. The molecule has 1 aliphatic rings. The van der Waals surface area contributed by atoms with Crippen molar-refractivity contribution in [2.45, 2.75) is 33.6 Å². The van der Waals surface area contributed by atoms with Gasteiger partial charge in [0, 0.05) is 17.7 Å². The van der Waals surface area contributed by atoms with Gasteiger partial charge in [-0.1, -0.05) is 0 Å². The highest BCUT2D eigenvalue weighted by molar-refractivity contribution is 5.85. The van der Waals surface area contributed by atoms with Crippen LogP contribution in [0.4, 0.5) is 5.82 Å². The Morgan fingerprint density at radius 2 is 1.79 bits per heavy atom. The number of hydrogen-bond acceptors (Lipinski definition) is 3. The molecule has 14 heavy (non-hydrogen) atoms. The van der Waals surface area contributed by atoms with Gasteiger partial charge in [-0.2, -0.15) is 0 Å². The standard InChI is InChI=1S/C11H15N3/c1-6-7(2)9-4-5-10(12)14-11(9)13-8(6)3/h4-5H2,1-3H3,(H2,12,13,14). The largest absolute Gasteiger partial charge is 0.387 e. The van der Waals surface area contributed by atoms with E-state index < -0.39 is 0 Å². The SMILES string of the molecule is Cc1nc2c(c(C)c1C)CCC(N)=N2. The van der Waals surface area contributed by atoms with Crippen molar-refractivity contribution < 1.29 is 0 Å². The van der Waals surface area contributed by atoms with Gasteiger partial charge in [-0.25, -0.2) is 9.98 Å². The summed E-state index contributed by atoms with van der Waals surface area (Å²) in [5.41, 5.74) is 10.6. The van der Waals surface area contributed by atoms with E-state index >= 15 is 0 Å². The number of pyridine rings is 1. The number of aliphatic imine (C=N–C) groups is 1. The van der Waals surface area contributed by atoms with Gasteiger partial charge in [-0.15, -0.1) is 0 Å². The third-order valence-electron chi connectivity index (χ3n) is 2.98. The smallest absolute Gasteiger partial charge is 0.157 e. The van der Waals surface area contributed by atoms with Gasteiger partial charge in [0.1, 0.15) is 5.84 Å². The maximum Gasteiger partial charge on any atom is 0.157 e. The van der Waals surface area contributed by atoms with Crippen molar-refractivity contribution in [3.63, 3.8) is 0 Å². The van der Waals surface area contributed by atoms with Gasteiger partial charge in [0.15, 0.2) is 5.82 Å². The number of nitrogens with zero attached hydrogens (tertiary/aromatic N) is 2. The van der Waals surface area contributed by atoms with E-state index in [0.717, 1.165) is 24.4 Å². The number of aryl methyl sites for hydroxylation is 1. The van der Waals surface area contributed by atoms with Crippen molar-refractivity contribution in [3.8, 4) is 0 Å². The van der Waals surface area contributed by atoms with Gasteiger partial charge in [-0.3, -0.25) is 0 Å². The van der Waals surface area contributed by atoms with E-state index in [-0.39, 0.29) is 0 Å². The minimum atomic E-state index is 0.702. The number of aromatic nitrogens is 1. The molecular formula is C11H15N3. The minimum Gasteiger partial charge on any atom is -0.387 e. The second kappa shape index (κ2) is 3.08. The molecule has 2 N–H and O–H groups in total. The summed E-state index contributed by atoms with van der Waals surface area (Å²) in [6.07, 6.45) is 1.84. The minimum absolute atomic E-state index is 0.702. The van der Waals surface area contributed by atoms with Gasteiger partial charge in [-0.05, 0) is 38.3 Å². The molecule has 1 aromatic heterocycles. The number of nitrogens with two attached hydrogens (primary N) is 1. The highest BCUT2D eigenvalue weighted by Crippen LogP contribution is 2.28. The average molecular weight is 189 g/mol. The summed E-state index contributed by atoms with van der Waals surface area (Å²) in [6.45, 7) is 6.27. The zero-order valence-corrected chi connectivity index (χ0v) is 8.89. The Balaban J connectivity index is 2.67. The van der Waals surface area contributed by atoms with Crippen molar-refractivity contribution >= 4 is 11.7 Å². The third kappa shape index (κ3) is 1.29. The van der Waals surface area contributed by atoms with Crippen molar-refractivity contribution in [2.24, 2.45) is 10.7 Å². The first-order chi connectivity index (χ1) is 6.59. The molecule has 0 spiro atoms. The summed E-state index contributed by atoms with van der Waals surface area (Å²) in [4.78, 5) is 8.75. The molecule has 3 nitrogen and oxygen atoms in total. The summed E-state index contributed by atoms with van der Waals surface area (Å²) in [5.74, 6) is 1.53. The Bertz CT molecular complexity index is 419. The lowest BCUT2D eigenvalue weighted by Gasteiger charge is -2.17. The predicted molar refractivity (Wildman–Crippen MR) is 58.1 cm³/mol. The summed E-state index contributed by atoms with van der Waals surface area (Å²) >= 11 is 0. The van der Waals surface area contributed by atoms with E-state index in [2.05, 4.69) is 23.8 Å². The van der Waals surface area contributed by atoms with Crippen LogP contribution in [0.5, 0.6) is 0 Å². The number of fused-ring (bicyclic) bond motifs is 1. The second-order valence-corrected chi connectivity index (χ2v) is 3.85. The Kier molecular flexibility index (Phi) is 2.02. The second-order valence-electron chi connectivity index (χ2n) is 3.85. The Labute approximate surface area is 84.1 Å². The summed E-state index contributed by atoms with van der Waals surface area (Å²) in [7, 11) is 0. The molecule has 2 heterocycles. The van der Waals surface area contributed by atoms with Crippen LogP contribution in [-0.2, 0) is 6.42 Å². The summed E-state index contributed by atoms with van der Waals surface area (Å²) < 4.78 is 0. The molecule has 0 amide bonds. The van der Waals surface area contributed by atoms with Crippen LogP contribution >= 0.6 is 0 Å². The van der Waals surface area contributed by atoms with Crippen LogP contribution in [0.15, 0.2) is 4.99 Å². The first-order valence-electron chi connectivity index (χ1n) is 4.89. The lowest BCUT2D eigenvalue weighted by atomic mass is 9.98. The Morgan fingerprint density at radius 1 is 1.07 bits per heavy atom. The van der Waals surface area contributed by atoms with Crippen LogP contribution in [0.1, 0.15) is 28.8 Å². The lowest BCUT2D eigenvalue weighted by Crippen LogP contribution is -2.17. The molecule has 0 saturated carbocycles. The zero-order valence-electron chi connectivity index (χ0n) is 8.89.